The number of methoxy groups -OCH3 is 1. The van der Waals surface area contributed by atoms with Crippen LogP contribution in [0, 0.1) is 5.92 Å². The van der Waals surface area contributed by atoms with Crippen LogP contribution in [0.5, 0.6) is 11.5 Å². The molecule has 6 heteroatoms. The second-order valence-electron chi connectivity index (χ2n) is 7.34. The smallest absolute Gasteiger partial charge is 0.229 e. The molecule has 1 aliphatic heterocycles. The summed E-state index contributed by atoms with van der Waals surface area (Å²) >= 11 is 0. The molecule has 0 spiro atoms. The largest absolute Gasteiger partial charge is 0.497 e. The van der Waals surface area contributed by atoms with Crippen molar-refractivity contribution < 1.29 is 14.3 Å². The van der Waals surface area contributed by atoms with Crippen molar-refractivity contribution in [2.45, 2.75) is 19.5 Å². The summed E-state index contributed by atoms with van der Waals surface area (Å²) in [6.07, 6.45) is 4.40. The molecular formula is C23H25N3O3. The first-order chi connectivity index (χ1) is 14.1. The van der Waals surface area contributed by atoms with Gasteiger partial charge in [-0.3, -0.25) is 4.79 Å². The van der Waals surface area contributed by atoms with Crippen molar-refractivity contribution in [1.82, 2.24) is 14.5 Å². The monoisotopic (exact) mass is 391 g/mol. The molecule has 2 aromatic carbocycles. The van der Waals surface area contributed by atoms with Crippen LogP contribution in [0.15, 0.2) is 60.9 Å². The zero-order valence-electron chi connectivity index (χ0n) is 16.7. The van der Waals surface area contributed by atoms with E-state index in [2.05, 4.69) is 21.7 Å². The fourth-order valence-electron chi connectivity index (χ4n) is 3.66. The maximum absolute atomic E-state index is 13.0. The predicted octanol–water partition coefficient (Wildman–Crippen LogP) is 3.15. The van der Waals surface area contributed by atoms with Crippen LogP contribution in [-0.2, 0) is 24.3 Å². The third-order valence-electron chi connectivity index (χ3n) is 5.28. The minimum atomic E-state index is -0.196. The van der Waals surface area contributed by atoms with E-state index in [-0.39, 0.29) is 11.8 Å². The van der Waals surface area contributed by atoms with E-state index in [0.717, 1.165) is 29.4 Å². The summed E-state index contributed by atoms with van der Waals surface area (Å²) in [5.41, 5.74) is 2.24. The number of hydrogen-bond donors (Lipinski definition) is 0. The Balaban J connectivity index is 1.41. The number of rotatable bonds is 6. The Hall–Kier alpha value is -3.28. The second kappa shape index (κ2) is 8.39. The van der Waals surface area contributed by atoms with E-state index < -0.39 is 0 Å². The first-order valence-corrected chi connectivity index (χ1v) is 9.72. The van der Waals surface area contributed by atoms with Crippen molar-refractivity contribution in [3.63, 3.8) is 0 Å². The van der Waals surface area contributed by atoms with Crippen molar-refractivity contribution in [3.05, 3.63) is 77.9 Å². The lowest BCUT2D eigenvalue weighted by atomic mass is 9.95. The highest BCUT2D eigenvalue weighted by Gasteiger charge is 2.29. The van der Waals surface area contributed by atoms with E-state index in [1.54, 1.807) is 18.2 Å². The minimum Gasteiger partial charge on any atom is -0.497 e. The zero-order valence-corrected chi connectivity index (χ0v) is 16.7. The number of carbonyl (C=O) groups excluding carboxylic acids is 1. The van der Waals surface area contributed by atoms with Gasteiger partial charge >= 0.3 is 0 Å². The van der Waals surface area contributed by atoms with Gasteiger partial charge < -0.3 is 18.9 Å². The normalized spacial score (nSPS) is 15.3. The van der Waals surface area contributed by atoms with Crippen LogP contribution < -0.4 is 9.47 Å². The highest BCUT2D eigenvalue weighted by molar-refractivity contribution is 5.79. The molecule has 1 aromatic heterocycles. The summed E-state index contributed by atoms with van der Waals surface area (Å²) in [5.74, 6) is 2.30. The summed E-state index contributed by atoms with van der Waals surface area (Å²) < 4.78 is 13.2. The summed E-state index contributed by atoms with van der Waals surface area (Å²) in [6.45, 7) is 1.58. The number of amides is 1. The van der Waals surface area contributed by atoms with Crippen LogP contribution in [0.2, 0.25) is 0 Å². The molecule has 150 valence electrons. The molecule has 4 rings (SSSR count). The summed E-state index contributed by atoms with van der Waals surface area (Å²) in [5, 5.41) is 0. The molecule has 3 aromatic rings. The van der Waals surface area contributed by atoms with Gasteiger partial charge in [-0.1, -0.05) is 36.4 Å². The van der Waals surface area contributed by atoms with E-state index in [1.807, 2.05) is 49.6 Å². The van der Waals surface area contributed by atoms with E-state index >= 15 is 0 Å². The maximum atomic E-state index is 13.0. The fourth-order valence-corrected chi connectivity index (χ4v) is 3.66. The molecule has 0 saturated carbocycles. The fraction of sp³-hybridized carbons (Fsp3) is 0.304. The lowest BCUT2D eigenvalue weighted by Gasteiger charge is -2.28. The molecular weight excluding hydrogens is 366 g/mol. The van der Waals surface area contributed by atoms with Crippen LogP contribution >= 0.6 is 0 Å². The lowest BCUT2D eigenvalue weighted by molar-refractivity contribution is -0.136. The maximum Gasteiger partial charge on any atom is 0.229 e. The van der Waals surface area contributed by atoms with Crippen LogP contribution in [0.4, 0.5) is 0 Å². The van der Waals surface area contributed by atoms with Crippen molar-refractivity contribution in [1.29, 1.82) is 0 Å². The molecule has 2 heterocycles. The van der Waals surface area contributed by atoms with Gasteiger partial charge in [-0.05, 0) is 23.6 Å². The zero-order chi connectivity index (χ0) is 20.2. The quantitative estimate of drug-likeness (QED) is 0.648. The van der Waals surface area contributed by atoms with Crippen molar-refractivity contribution in [2.75, 3.05) is 20.8 Å². The van der Waals surface area contributed by atoms with Crippen LogP contribution in [0.25, 0.3) is 0 Å². The average molecular weight is 391 g/mol. The molecule has 0 bridgehead atoms. The van der Waals surface area contributed by atoms with Gasteiger partial charge in [0.2, 0.25) is 5.91 Å². The standard InChI is InChI=1S/C23H25N3O3/c1-25(15-22-24-10-11-26(22)14-17-6-4-3-5-7-17)23(27)19-12-18-8-9-20(28-2)13-21(18)29-16-19/h3-11,13,19H,12,14-16H2,1-2H3. The van der Waals surface area contributed by atoms with Gasteiger partial charge in [-0.2, -0.15) is 0 Å². The van der Waals surface area contributed by atoms with E-state index in [4.69, 9.17) is 9.47 Å². The molecule has 0 N–H and O–H groups in total. The Labute approximate surface area is 170 Å². The first-order valence-electron chi connectivity index (χ1n) is 9.72. The molecule has 0 fully saturated rings. The lowest BCUT2D eigenvalue weighted by Crippen LogP contribution is -2.38. The van der Waals surface area contributed by atoms with Crippen molar-refractivity contribution in [3.8, 4) is 11.5 Å². The summed E-state index contributed by atoms with van der Waals surface area (Å²) in [4.78, 5) is 19.2. The predicted molar refractivity (Wildman–Crippen MR) is 110 cm³/mol. The van der Waals surface area contributed by atoms with E-state index in [1.165, 1.54) is 5.56 Å². The Kier molecular flexibility index (Phi) is 5.51. The van der Waals surface area contributed by atoms with Gasteiger partial charge in [0.15, 0.2) is 0 Å². The number of hydrogen-bond acceptors (Lipinski definition) is 4. The van der Waals surface area contributed by atoms with Gasteiger partial charge in [-0.15, -0.1) is 0 Å². The molecule has 6 nitrogen and oxygen atoms in total. The Morgan fingerprint density at radius 2 is 2.10 bits per heavy atom. The third kappa shape index (κ3) is 4.26. The molecule has 0 saturated heterocycles. The number of fused-ring (bicyclic) bond motifs is 1. The molecule has 1 amide bonds. The van der Waals surface area contributed by atoms with Gasteiger partial charge in [0.05, 0.1) is 19.6 Å². The van der Waals surface area contributed by atoms with Gasteiger partial charge in [0.1, 0.15) is 23.9 Å². The number of nitrogens with zero attached hydrogens (tertiary/aromatic N) is 3. The Bertz CT molecular complexity index is 984. The molecule has 0 aliphatic carbocycles. The number of aromatic nitrogens is 2. The van der Waals surface area contributed by atoms with Crippen molar-refractivity contribution in [2.24, 2.45) is 5.92 Å². The molecule has 1 unspecified atom stereocenters. The topological polar surface area (TPSA) is 56.6 Å². The second-order valence-corrected chi connectivity index (χ2v) is 7.34. The van der Waals surface area contributed by atoms with Gasteiger partial charge in [0.25, 0.3) is 0 Å². The number of ether oxygens (including phenoxy) is 2. The Morgan fingerprint density at radius 1 is 1.28 bits per heavy atom. The number of carbonyl (C=O) groups is 1. The molecule has 29 heavy (non-hydrogen) atoms. The SMILES string of the molecule is COc1ccc2c(c1)OCC(C(=O)N(C)Cc1nccn1Cc1ccccc1)C2. The van der Waals surface area contributed by atoms with Crippen molar-refractivity contribution >= 4 is 5.91 Å². The molecule has 1 aliphatic rings. The van der Waals surface area contributed by atoms with Crippen LogP contribution in [0.3, 0.4) is 0 Å². The van der Waals surface area contributed by atoms with Gasteiger partial charge in [0, 0.05) is 32.1 Å². The number of benzene rings is 2. The minimum absolute atomic E-state index is 0.0701. The van der Waals surface area contributed by atoms with Crippen LogP contribution in [0.1, 0.15) is 17.0 Å². The third-order valence-corrected chi connectivity index (χ3v) is 5.28. The van der Waals surface area contributed by atoms with Crippen LogP contribution in [-0.4, -0.2) is 41.1 Å². The highest BCUT2D eigenvalue weighted by atomic mass is 16.5. The Morgan fingerprint density at radius 3 is 2.90 bits per heavy atom. The molecule has 0 radical (unpaired) electrons. The summed E-state index contributed by atoms with van der Waals surface area (Å²) in [6, 6.07) is 16.0. The van der Waals surface area contributed by atoms with E-state index in [9.17, 15) is 4.79 Å². The molecule has 1 atom stereocenters. The number of imidazole rings is 1. The first kappa shape index (κ1) is 19.1. The average Bonchev–Trinajstić information content (AvgIpc) is 3.19. The summed E-state index contributed by atoms with van der Waals surface area (Å²) in [7, 11) is 3.46. The highest BCUT2D eigenvalue weighted by Crippen LogP contribution is 2.31. The van der Waals surface area contributed by atoms with Gasteiger partial charge in [-0.25, -0.2) is 4.98 Å². The van der Waals surface area contributed by atoms with E-state index in [0.29, 0.717) is 19.6 Å².